The minimum atomic E-state index is -4.80. The van der Waals surface area contributed by atoms with Crippen LogP contribution in [0.2, 0.25) is 0 Å². The Hall–Kier alpha value is -2.66. The van der Waals surface area contributed by atoms with Gasteiger partial charge in [0.15, 0.2) is 18.8 Å². The number of morpholine rings is 1. The van der Waals surface area contributed by atoms with Crippen molar-refractivity contribution in [1.82, 2.24) is 0 Å². The molecule has 0 unspecified atom stereocenters. The zero-order valence-corrected chi connectivity index (χ0v) is 16.3. The number of ether oxygens (including phenoxy) is 3. The lowest BCUT2D eigenvalue weighted by molar-refractivity contribution is -0.546. The summed E-state index contributed by atoms with van der Waals surface area (Å²) < 4.78 is 54.6. The summed E-state index contributed by atoms with van der Waals surface area (Å²) in [6.45, 7) is 4.04. The van der Waals surface area contributed by atoms with Crippen LogP contribution < -0.4 is 14.1 Å². The van der Waals surface area contributed by atoms with Gasteiger partial charge in [-0.1, -0.05) is 0 Å². The van der Waals surface area contributed by atoms with Gasteiger partial charge in [0.1, 0.15) is 19.0 Å². The molecule has 0 aromatic heterocycles. The highest BCUT2D eigenvalue weighted by atomic mass is 35.5. The maximum absolute atomic E-state index is 14.2. The fourth-order valence-electron chi connectivity index (χ4n) is 2.79. The first-order valence-electron chi connectivity index (χ1n) is 8.65. The predicted octanol–water partition coefficient (Wildman–Crippen LogP) is 2.34. The summed E-state index contributed by atoms with van der Waals surface area (Å²) in [5.74, 6) is -3.03. The number of rotatable bonds is 3. The summed E-state index contributed by atoms with van der Waals surface area (Å²) in [5, 5.41) is 0.167. The Morgan fingerprint density at radius 1 is 1.14 bits per heavy atom. The predicted molar refractivity (Wildman–Crippen MR) is 98.4 cm³/mol. The van der Waals surface area contributed by atoms with E-state index in [0.717, 1.165) is 13.8 Å². The molecule has 0 spiro atoms. The Bertz CT molecular complexity index is 911. The molecule has 0 aliphatic carbocycles. The maximum atomic E-state index is 14.2. The van der Waals surface area contributed by atoms with Gasteiger partial charge in [-0.3, -0.25) is 9.59 Å². The van der Waals surface area contributed by atoms with E-state index in [1.807, 2.05) is 0 Å². The molecule has 0 amide bonds. The summed E-state index contributed by atoms with van der Waals surface area (Å²) >= 11 is 6.27. The van der Waals surface area contributed by atoms with E-state index in [0.29, 0.717) is 26.3 Å². The standard InChI is InChI=1S/C17H17BClF2NO7/c1-10(23)26-13-4-3-12-14(9-15(19)22-5-7-25-8-6-22)28-18(20,21)29-16(12)17(13)27-11(2)24/h3-4,9H,5-8H2,1-2H3/b14-9-. The normalized spacial score (nSPS) is 18.9. The lowest BCUT2D eigenvalue weighted by atomic mass is 10.0. The van der Waals surface area contributed by atoms with Crippen molar-refractivity contribution in [3.8, 4) is 17.2 Å². The molecule has 29 heavy (non-hydrogen) atoms. The highest BCUT2D eigenvalue weighted by Gasteiger charge is 2.42. The van der Waals surface area contributed by atoms with Crippen molar-refractivity contribution in [2.24, 2.45) is 0 Å². The molecule has 12 heteroatoms. The van der Waals surface area contributed by atoms with Crippen LogP contribution in [0.25, 0.3) is 5.76 Å². The van der Waals surface area contributed by atoms with Crippen LogP contribution in [-0.2, 0) is 19.0 Å². The average Bonchev–Trinajstić information content (AvgIpc) is 2.63. The number of benzene rings is 1. The molecule has 0 atom stereocenters. The van der Waals surface area contributed by atoms with Crippen LogP contribution in [0.5, 0.6) is 17.2 Å². The molecule has 1 aromatic carbocycles. The van der Waals surface area contributed by atoms with Crippen molar-refractivity contribution >= 4 is 41.6 Å². The first-order valence-corrected chi connectivity index (χ1v) is 9.03. The van der Waals surface area contributed by atoms with Gasteiger partial charge >= 0.3 is 19.0 Å². The van der Waals surface area contributed by atoms with Crippen LogP contribution >= 0.6 is 11.6 Å². The Kier molecular flexibility index (Phi) is 6.08. The quantitative estimate of drug-likeness (QED) is 0.314. The lowest BCUT2D eigenvalue weighted by Gasteiger charge is -2.36. The average molecular weight is 432 g/mol. The number of allylic oxidation sites excluding steroid dienone is 1. The van der Waals surface area contributed by atoms with Crippen molar-refractivity contribution in [3.05, 3.63) is 23.8 Å². The zero-order chi connectivity index (χ0) is 21.2. The molecular formula is C17H17BClF2NO7. The Morgan fingerprint density at radius 3 is 2.41 bits per heavy atom. The fourth-order valence-corrected chi connectivity index (χ4v) is 3.06. The Labute approximate surface area is 169 Å². The summed E-state index contributed by atoms with van der Waals surface area (Å²) in [6.07, 6.45) is 1.23. The second kappa shape index (κ2) is 8.38. The van der Waals surface area contributed by atoms with E-state index >= 15 is 0 Å². The topological polar surface area (TPSA) is 83.3 Å². The summed E-state index contributed by atoms with van der Waals surface area (Å²) in [4.78, 5) is 22.8. The molecule has 3 rings (SSSR count). The molecule has 1 fully saturated rings. The molecule has 2 heterocycles. The molecule has 1 aromatic rings. The van der Waals surface area contributed by atoms with E-state index in [4.69, 9.17) is 30.5 Å². The third-order valence-corrected chi connectivity index (χ3v) is 4.27. The van der Waals surface area contributed by atoms with Crippen molar-refractivity contribution in [3.63, 3.8) is 0 Å². The van der Waals surface area contributed by atoms with Crippen LogP contribution in [0.15, 0.2) is 18.2 Å². The summed E-state index contributed by atoms with van der Waals surface area (Å²) in [6, 6.07) is 2.61. The third-order valence-electron chi connectivity index (χ3n) is 3.92. The van der Waals surface area contributed by atoms with Crippen LogP contribution in [0, 0.1) is 0 Å². The van der Waals surface area contributed by atoms with Crippen LogP contribution in [0.1, 0.15) is 19.4 Å². The van der Waals surface area contributed by atoms with Crippen LogP contribution in [-0.4, -0.2) is 55.1 Å². The van der Waals surface area contributed by atoms with Crippen LogP contribution in [0.4, 0.5) is 8.63 Å². The van der Waals surface area contributed by atoms with Crippen LogP contribution in [0.3, 0.4) is 0 Å². The van der Waals surface area contributed by atoms with Gasteiger partial charge in [-0.2, -0.15) is 0 Å². The number of halogens is 3. The number of hydrogen-bond acceptors (Lipinski definition) is 7. The smallest absolute Gasteiger partial charge is 0.627 e. The van der Waals surface area contributed by atoms with E-state index in [1.54, 1.807) is 4.58 Å². The van der Waals surface area contributed by atoms with Gasteiger partial charge in [0, 0.05) is 13.8 Å². The molecule has 0 radical (unpaired) electrons. The molecule has 1 saturated heterocycles. The van der Waals surface area contributed by atoms with E-state index < -0.39 is 30.5 Å². The molecule has 0 saturated carbocycles. The van der Waals surface area contributed by atoms with Crippen molar-refractivity contribution in [2.75, 3.05) is 26.3 Å². The second-order valence-corrected chi connectivity index (χ2v) is 6.55. The number of fused-ring (bicyclic) bond motifs is 1. The van der Waals surface area contributed by atoms with Crippen molar-refractivity contribution in [1.29, 1.82) is 0 Å². The Morgan fingerprint density at radius 2 is 1.79 bits per heavy atom. The van der Waals surface area contributed by atoms with Crippen molar-refractivity contribution < 1.29 is 46.3 Å². The minimum absolute atomic E-state index is 0.0522. The van der Waals surface area contributed by atoms with E-state index in [9.17, 15) is 18.2 Å². The molecule has 0 bridgehead atoms. The monoisotopic (exact) mass is 431 g/mol. The number of hydrogen-bond donors (Lipinski definition) is 0. The molecule has 0 N–H and O–H groups in total. The second-order valence-electron chi connectivity index (χ2n) is 6.16. The first-order chi connectivity index (χ1) is 13.7. The third kappa shape index (κ3) is 5.04. The lowest BCUT2D eigenvalue weighted by Crippen LogP contribution is -2.39. The van der Waals surface area contributed by atoms with Gasteiger partial charge in [-0.15, -0.1) is 0 Å². The summed E-state index contributed by atoms with van der Waals surface area (Å²) in [5.41, 5.74) is 0.0522. The maximum Gasteiger partial charge on any atom is 0.726 e. The van der Waals surface area contributed by atoms with Gasteiger partial charge in [-0.05, 0) is 23.7 Å². The Balaban J connectivity index is 2.13. The number of carbonyl (C=O) groups excluding carboxylic acids is 2. The van der Waals surface area contributed by atoms with E-state index in [1.165, 1.54) is 18.2 Å². The minimum Gasteiger partial charge on any atom is -0.627 e. The zero-order valence-electron chi connectivity index (χ0n) is 15.6. The molecule has 2 aliphatic heterocycles. The number of carbonyl (C=O) groups is 2. The van der Waals surface area contributed by atoms with Gasteiger partial charge in [0.25, 0.3) is 5.17 Å². The summed E-state index contributed by atoms with van der Waals surface area (Å²) in [7, 11) is -4.80. The van der Waals surface area contributed by atoms with E-state index in [2.05, 4.69) is 4.65 Å². The first kappa shape index (κ1) is 21.1. The largest absolute Gasteiger partial charge is 0.726 e. The molecule has 2 aliphatic rings. The van der Waals surface area contributed by atoms with Gasteiger partial charge in [0.05, 0.1) is 17.4 Å². The SMILES string of the molecule is CC(=O)Oc1ccc2c(c1OC(C)=O)O[B-](F)(F)O/C2=C\C(Cl)=[N+]1CCOCC1. The highest BCUT2D eigenvalue weighted by molar-refractivity contribution is 6.67. The van der Waals surface area contributed by atoms with Gasteiger partial charge in [0.2, 0.25) is 5.75 Å². The molecule has 8 nitrogen and oxygen atoms in total. The van der Waals surface area contributed by atoms with Gasteiger partial charge < -0.3 is 32.2 Å². The molecular weight excluding hydrogens is 414 g/mol. The fraction of sp³-hybridized carbons (Fsp3) is 0.353. The number of esters is 2. The highest BCUT2D eigenvalue weighted by Crippen LogP contribution is 2.48. The van der Waals surface area contributed by atoms with Gasteiger partial charge in [-0.25, -0.2) is 4.58 Å². The number of nitrogens with zero attached hydrogens (tertiary/aromatic N) is 1. The van der Waals surface area contributed by atoms with Crippen molar-refractivity contribution in [2.45, 2.75) is 13.8 Å². The molecule has 156 valence electrons. The van der Waals surface area contributed by atoms with E-state index in [-0.39, 0.29) is 22.2 Å².